The molecule has 1 aromatic heterocycles. The van der Waals surface area contributed by atoms with Gasteiger partial charge in [0.2, 0.25) is 0 Å². The van der Waals surface area contributed by atoms with Gasteiger partial charge in [0.1, 0.15) is 0 Å². The predicted octanol–water partition coefficient (Wildman–Crippen LogP) is -0.467. The number of allylic oxidation sites excluding steroid dienone is 3. The van der Waals surface area contributed by atoms with Crippen molar-refractivity contribution in [1.29, 1.82) is 0 Å². The lowest BCUT2D eigenvalue weighted by Gasteiger charge is -2.13. The molecule has 0 aliphatic carbocycles. The van der Waals surface area contributed by atoms with E-state index in [2.05, 4.69) is 25.8 Å². The molecule has 0 saturated carbocycles. The highest BCUT2D eigenvalue weighted by atomic mass is 16.2. The van der Waals surface area contributed by atoms with E-state index in [1.54, 1.807) is 0 Å². The van der Waals surface area contributed by atoms with Crippen molar-refractivity contribution in [2.75, 3.05) is 0 Å². The van der Waals surface area contributed by atoms with E-state index in [-0.39, 0.29) is 19.6 Å². The first-order valence-corrected chi connectivity index (χ1v) is 5.24. The van der Waals surface area contributed by atoms with E-state index in [1.165, 1.54) is 12.2 Å². The summed E-state index contributed by atoms with van der Waals surface area (Å²) in [6.45, 7) is 10.3. The van der Waals surface area contributed by atoms with Gasteiger partial charge in [-0.1, -0.05) is 18.7 Å². The SMILES string of the molecule is C=[C-]Cn1c(=O)n(CC=C)c(=O)n(CC=C)c1=O. The van der Waals surface area contributed by atoms with Crippen molar-refractivity contribution in [2.45, 2.75) is 19.6 Å². The normalized spacial score (nSPS) is 10.0. The van der Waals surface area contributed by atoms with Crippen molar-refractivity contribution < 1.29 is 0 Å². The van der Waals surface area contributed by atoms with Gasteiger partial charge in [-0.25, -0.2) is 23.5 Å². The van der Waals surface area contributed by atoms with Crippen LogP contribution in [0.15, 0.2) is 46.3 Å². The van der Waals surface area contributed by atoms with Gasteiger partial charge in [-0.2, -0.15) is 0 Å². The van der Waals surface area contributed by atoms with Gasteiger partial charge in [0, 0.05) is 0 Å². The van der Waals surface area contributed by atoms with Gasteiger partial charge in [-0.15, -0.1) is 13.2 Å². The van der Waals surface area contributed by atoms with Crippen LogP contribution in [0, 0.1) is 6.08 Å². The Morgan fingerprint density at radius 2 is 1.28 bits per heavy atom. The molecule has 0 aliphatic rings. The molecule has 1 rings (SSSR count). The molecule has 0 saturated heterocycles. The molecule has 6 heteroatoms. The molecule has 18 heavy (non-hydrogen) atoms. The number of nitrogens with zero attached hydrogens (tertiary/aromatic N) is 3. The van der Waals surface area contributed by atoms with Gasteiger partial charge in [0.05, 0.1) is 13.1 Å². The van der Waals surface area contributed by atoms with Gasteiger partial charge >= 0.3 is 17.1 Å². The zero-order valence-electron chi connectivity index (χ0n) is 9.96. The Labute approximate surface area is 103 Å². The highest BCUT2D eigenvalue weighted by Gasteiger charge is 2.11. The minimum Gasteiger partial charge on any atom is -0.483 e. The lowest BCUT2D eigenvalue weighted by atomic mass is 10.5. The van der Waals surface area contributed by atoms with Crippen molar-refractivity contribution in [2.24, 2.45) is 0 Å². The van der Waals surface area contributed by atoms with Crippen LogP contribution in [0.4, 0.5) is 0 Å². The van der Waals surface area contributed by atoms with Crippen LogP contribution >= 0.6 is 0 Å². The van der Waals surface area contributed by atoms with Gasteiger partial charge in [0.25, 0.3) is 0 Å². The molecular weight excluding hydrogens is 234 g/mol. The highest BCUT2D eigenvalue weighted by molar-refractivity contribution is 4.85. The quantitative estimate of drug-likeness (QED) is 0.505. The van der Waals surface area contributed by atoms with Crippen LogP contribution in [-0.2, 0) is 19.6 Å². The van der Waals surface area contributed by atoms with Crippen LogP contribution in [-0.4, -0.2) is 13.7 Å². The maximum absolute atomic E-state index is 11.9. The van der Waals surface area contributed by atoms with Crippen molar-refractivity contribution in [3.8, 4) is 0 Å². The molecule has 0 spiro atoms. The molecule has 0 aromatic carbocycles. The summed E-state index contributed by atoms with van der Waals surface area (Å²) < 4.78 is 2.74. The van der Waals surface area contributed by atoms with Crippen LogP contribution in [0.2, 0.25) is 0 Å². The van der Waals surface area contributed by atoms with Gasteiger partial charge in [-0.05, 0) is 0 Å². The molecule has 0 unspecified atom stereocenters. The van der Waals surface area contributed by atoms with Crippen molar-refractivity contribution in [3.63, 3.8) is 0 Å². The van der Waals surface area contributed by atoms with Crippen LogP contribution in [0.5, 0.6) is 0 Å². The molecule has 0 aliphatic heterocycles. The highest BCUT2D eigenvalue weighted by Crippen LogP contribution is 1.79. The van der Waals surface area contributed by atoms with Crippen LogP contribution < -0.4 is 17.1 Å². The summed E-state index contributed by atoms with van der Waals surface area (Å²) in [5.74, 6) is 0. The minimum atomic E-state index is -0.693. The number of hydrogen-bond donors (Lipinski definition) is 0. The van der Waals surface area contributed by atoms with Gasteiger partial charge in [0.15, 0.2) is 0 Å². The molecule has 0 atom stereocenters. The molecule has 6 nitrogen and oxygen atoms in total. The molecule has 0 radical (unpaired) electrons. The van der Waals surface area contributed by atoms with E-state index in [0.717, 1.165) is 13.7 Å². The first-order chi connectivity index (χ1) is 8.58. The Morgan fingerprint density at radius 1 is 0.889 bits per heavy atom. The lowest BCUT2D eigenvalue weighted by Crippen LogP contribution is -2.54. The Balaban J connectivity index is 3.74. The number of rotatable bonds is 6. The van der Waals surface area contributed by atoms with Crippen molar-refractivity contribution in [1.82, 2.24) is 13.7 Å². The first kappa shape index (κ1) is 13.7. The smallest absolute Gasteiger partial charge is 0.336 e. The fourth-order valence-corrected chi connectivity index (χ4v) is 1.50. The molecule has 96 valence electrons. The largest absolute Gasteiger partial charge is 0.483 e. The average Bonchev–Trinajstić information content (AvgIpc) is 2.35. The second kappa shape index (κ2) is 5.81. The van der Waals surface area contributed by atoms with Crippen LogP contribution in [0.1, 0.15) is 0 Å². The van der Waals surface area contributed by atoms with E-state index < -0.39 is 17.1 Å². The number of aromatic nitrogens is 3. The molecular formula is C12H14N3O3-. The Hall–Kier alpha value is -2.37. The van der Waals surface area contributed by atoms with Crippen LogP contribution in [0.3, 0.4) is 0 Å². The monoisotopic (exact) mass is 248 g/mol. The number of hydrogen-bond acceptors (Lipinski definition) is 3. The molecule has 0 N–H and O–H groups in total. The standard InChI is InChI=1S/C12H14N3O3/c1-4-7-13-10(16)14(8-5-2)12(18)15(9-6-3)11(13)17/h4-5H,1-3,7-9H2/q-1. The maximum Gasteiger partial charge on any atom is 0.336 e. The zero-order chi connectivity index (χ0) is 13.7. The summed E-state index contributed by atoms with van der Waals surface area (Å²) in [6.07, 6.45) is 5.28. The van der Waals surface area contributed by atoms with E-state index in [4.69, 9.17) is 0 Å². The van der Waals surface area contributed by atoms with Gasteiger partial charge in [-0.3, -0.25) is 11.1 Å². The Bertz CT molecular complexity index is 525. The first-order valence-electron chi connectivity index (χ1n) is 5.24. The van der Waals surface area contributed by atoms with Crippen molar-refractivity contribution in [3.05, 3.63) is 69.4 Å². The second-order valence-electron chi connectivity index (χ2n) is 3.48. The fraction of sp³-hybridized carbons (Fsp3) is 0.250. The molecule has 1 heterocycles. The summed E-state index contributed by atoms with van der Waals surface area (Å²) in [7, 11) is 0. The predicted molar refractivity (Wildman–Crippen MR) is 68.5 cm³/mol. The molecule has 0 bridgehead atoms. The van der Waals surface area contributed by atoms with E-state index in [0.29, 0.717) is 0 Å². The molecule has 0 fully saturated rings. The third-order valence-corrected chi connectivity index (χ3v) is 2.28. The van der Waals surface area contributed by atoms with E-state index in [1.807, 2.05) is 0 Å². The van der Waals surface area contributed by atoms with E-state index >= 15 is 0 Å². The van der Waals surface area contributed by atoms with E-state index in [9.17, 15) is 14.4 Å². The summed E-state index contributed by atoms with van der Waals surface area (Å²) in [6, 6.07) is 0. The third kappa shape index (κ3) is 2.32. The topological polar surface area (TPSA) is 66.0 Å². The maximum atomic E-state index is 11.9. The summed E-state index contributed by atoms with van der Waals surface area (Å²) in [5.41, 5.74) is -2.06. The average molecular weight is 248 g/mol. The van der Waals surface area contributed by atoms with Crippen molar-refractivity contribution >= 4 is 0 Å². The summed E-state index contributed by atoms with van der Waals surface area (Å²) in [5, 5.41) is 0. The summed E-state index contributed by atoms with van der Waals surface area (Å²) >= 11 is 0. The lowest BCUT2D eigenvalue weighted by molar-refractivity contribution is 0.499. The summed E-state index contributed by atoms with van der Waals surface area (Å²) in [4.78, 5) is 35.8. The Morgan fingerprint density at radius 3 is 1.61 bits per heavy atom. The minimum absolute atomic E-state index is 0.0340. The van der Waals surface area contributed by atoms with Gasteiger partial charge < -0.3 is 6.08 Å². The zero-order valence-corrected chi connectivity index (χ0v) is 9.96. The molecule has 0 amide bonds. The molecule has 1 aromatic rings. The third-order valence-electron chi connectivity index (χ3n) is 2.28. The Kier molecular flexibility index (Phi) is 4.42. The van der Waals surface area contributed by atoms with Crippen LogP contribution in [0.25, 0.3) is 0 Å². The second-order valence-corrected chi connectivity index (χ2v) is 3.48. The fourth-order valence-electron chi connectivity index (χ4n) is 1.50.